The van der Waals surface area contributed by atoms with Gasteiger partial charge in [-0.2, -0.15) is 13.2 Å². The van der Waals surface area contributed by atoms with Crippen LogP contribution in [0.3, 0.4) is 0 Å². The van der Waals surface area contributed by atoms with Crippen molar-refractivity contribution in [3.05, 3.63) is 23.5 Å². The number of alkyl halides is 3. The average Bonchev–Trinajstić information content (AvgIpc) is 2.88. The number of rotatable bonds is 5. The van der Waals surface area contributed by atoms with Crippen LogP contribution < -0.4 is 5.32 Å². The summed E-state index contributed by atoms with van der Waals surface area (Å²) in [4.78, 5) is 11.0. The molecule has 0 radical (unpaired) electrons. The normalized spacial score (nSPS) is 11.6. The molecule has 0 aliphatic rings. The molecule has 0 aliphatic heterocycles. The quantitative estimate of drug-likeness (QED) is 0.846. The van der Waals surface area contributed by atoms with Gasteiger partial charge in [-0.25, -0.2) is 15.0 Å². The molecule has 0 aromatic carbocycles. The van der Waals surface area contributed by atoms with Crippen LogP contribution in [0.15, 0.2) is 27.0 Å². The molecule has 0 unspecified atom stereocenters. The SMILES string of the molecule is CCCNc1cc(Sc2nccs2)nc(C(F)(F)F)n1. The number of hydrogen-bond acceptors (Lipinski definition) is 6. The molecule has 108 valence electrons. The zero-order chi connectivity index (χ0) is 14.6. The number of thiazole rings is 1. The maximum atomic E-state index is 12.8. The number of halogens is 3. The van der Waals surface area contributed by atoms with Crippen LogP contribution >= 0.6 is 23.1 Å². The Labute approximate surface area is 121 Å². The molecule has 0 amide bonds. The Hall–Kier alpha value is -1.35. The molecule has 4 nitrogen and oxygen atoms in total. The van der Waals surface area contributed by atoms with Crippen LogP contribution in [0.1, 0.15) is 19.2 Å². The first-order valence-electron chi connectivity index (χ1n) is 5.76. The first-order chi connectivity index (χ1) is 9.49. The summed E-state index contributed by atoms with van der Waals surface area (Å²) < 4.78 is 39.0. The molecule has 20 heavy (non-hydrogen) atoms. The third-order valence-electron chi connectivity index (χ3n) is 2.11. The highest BCUT2D eigenvalue weighted by Crippen LogP contribution is 2.33. The summed E-state index contributed by atoms with van der Waals surface area (Å²) in [6, 6.07) is 1.50. The van der Waals surface area contributed by atoms with Crippen molar-refractivity contribution in [3.63, 3.8) is 0 Å². The molecule has 9 heteroatoms. The molecule has 1 N–H and O–H groups in total. The van der Waals surface area contributed by atoms with Gasteiger partial charge in [0.05, 0.1) is 0 Å². The molecular weight excluding hydrogens is 309 g/mol. The lowest BCUT2D eigenvalue weighted by Crippen LogP contribution is -2.14. The molecule has 0 fully saturated rings. The zero-order valence-electron chi connectivity index (χ0n) is 10.4. The van der Waals surface area contributed by atoms with Crippen molar-refractivity contribution >= 4 is 28.9 Å². The van der Waals surface area contributed by atoms with Crippen molar-refractivity contribution in [1.29, 1.82) is 0 Å². The first-order valence-corrected chi connectivity index (χ1v) is 7.46. The van der Waals surface area contributed by atoms with Crippen molar-refractivity contribution in [2.45, 2.75) is 28.9 Å². The lowest BCUT2D eigenvalue weighted by Gasteiger charge is -2.10. The van der Waals surface area contributed by atoms with Crippen molar-refractivity contribution in [2.24, 2.45) is 0 Å². The van der Waals surface area contributed by atoms with Crippen molar-refractivity contribution in [1.82, 2.24) is 15.0 Å². The van der Waals surface area contributed by atoms with E-state index in [2.05, 4.69) is 20.3 Å². The summed E-state index contributed by atoms with van der Waals surface area (Å²) in [7, 11) is 0. The van der Waals surface area contributed by atoms with Crippen molar-refractivity contribution in [2.75, 3.05) is 11.9 Å². The van der Waals surface area contributed by atoms with E-state index in [4.69, 9.17) is 0 Å². The average molecular weight is 320 g/mol. The predicted octanol–water partition coefficient (Wildman–Crippen LogP) is 3.93. The summed E-state index contributed by atoms with van der Waals surface area (Å²) in [5.74, 6) is -0.967. The van der Waals surface area contributed by atoms with Gasteiger partial charge in [0.2, 0.25) is 5.82 Å². The van der Waals surface area contributed by atoms with Gasteiger partial charge in [0, 0.05) is 24.2 Å². The second-order valence-corrected chi connectivity index (χ2v) is 5.90. The summed E-state index contributed by atoms with van der Waals surface area (Å²) in [5, 5.41) is 4.82. The molecular formula is C11H11F3N4S2. The Morgan fingerprint density at radius 2 is 2.15 bits per heavy atom. The largest absolute Gasteiger partial charge is 0.451 e. The van der Waals surface area contributed by atoms with Gasteiger partial charge in [-0.05, 0) is 18.2 Å². The topological polar surface area (TPSA) is 50.7 Å². The van der Waals surface area contributed by atoms with Gasteiger partial charge in [0.1, 0.15) is 10.8 Å². The Morgan fingerprint density at radius 3 is 2.75 bits per heavy atom. The Kier molecular flexibility index (Phi) is 4.81. The lowest BCUT2D eigenvalue weighted by atomic mass is 10.4. The van der Waals surface area contributed by atoms with E-state index in [0.717, 1.165) is 18.2 Å². The van der Waals surface area contributed by atoms with Gasteiger partial charge < -0.3 is 5.32 Å². The Balaban J connectivity index is 2.29. The monoisotopic (exact) mass is 320 g/mol. The van der Waals surface area contributed by atoms with Crippen molar-refractivity contribution < 1.29 is 13.2 Å². The fraction of sp³-hybridized carbons (Fsp3) is 0.364. The van der Waals surface area contributed by atoms with E-state index in [1.54, 1.807) is 11.6 Å². The van der Waals surface area contributed by atoms with Crippen LogP contribution in [0.4, 0.5) is 19.0 Å². The van der Waals surface area contributed by atoms with Gasteiger partial charge in [-0.3, -0.25) is 0 Å². The highest BCUT2D eigenvalue weighted by atomic mass is 32.2. The highest BCUT2D eigenvalue weighted by Gasteiger charge is 2.35. The Bertz CT molecular complexity index is 557. The third-order valence-corrected chi connectivity index (χ3v) is 3.92. The molecule has 0 spiro atoms. The fourth-order valence-electron chi connectivity index (χ4n) is 1.30. The maximum Gasteiger partial charge on any atom is 0.451 e. The van der Waals surface area contributed by atoms with Crippen LogP contribution in [-0.4, -0.2) is 21.5 Å². The number of nitrogens with zero attached hydrogens (tertiary/aromatic N) is 3. The molecule has 0 atom stereocenters. The van der Waals surface area contributed by atoms with Crippen LogP contribution in [0, 0.1) is 0 Å². The second kappa shape index (κ2) is 6.40. The van der Waals surface area contributed by atoms with Gasteiger partial charge in [-0.1, -0.05) is 6.92 Å². The van der Waals surface area contributed by atoms with E-state index in [9.17, 15) is 13.2 Å². The van der Waals surface area contributed by atoms with E-state index in [0.29, 0.717) is 10.9 Å². The fourth-order valence-corrected chi connectivity index (χ4v) is 2.87. The smallest absolute Gasteiger partial charge is 0.370 e. The number of anilines is 1. The molecule has 2 rings (SSSR count). The minimum absolute atomic E-state index is 0.174. The van der Waals surface area contributed by atoms with Crippen LogP contribution in [0.2, 0.25) is 0 Å². The molecule has 0 aliphatic carbocycles. The first kappa shape index (κ1) is 15.0. The number of aromatic nitrogens is 3. The molecule has 2 aromatic rings. The van der Waals surface area contributed by atoms with Crippen LogP contribution in [0.25, 0.3) is 0 Å². The van der Waals surface area contributed by atoms with Crippen molar-refractivity contribution in [3.8, 4) is 0 Å². The van der Waals surface area contributed by atoms with Crippen LogP contribution in [-0.2, 0) is 6.18 Å². The van der Waals surface area contributed by atoms with E-state index >= 15 is 0 Å². The van der Waals surface area contributed by atoms with E-state index in [1.165, 1.54) is 17.4 Å². The minimum Gasteiger partial charge on any atom is -0.370 e. The summed E-state index contributed by atoms with van der Waals surface area (Å²) in [6.45, 7) is 2.47. The molecule has 0 saturated carbocycles. The van der Waals surface area contributed by atoms with Gasteiger partial charge in [-0.15, -0.1) is 11.3 Å². The summed E-state index contributed by atoms with van der Waals surface area (Å²) >= 11 is 2.43. The van der Waals surface area contributed by atoms with E-state index in [-0.39, 0.29) is 10.8 Å². The number of nitrogens with one attached hydrogen (secondary N) is 1. The Morgan fingerprint density at radius 1 is 1.35 bits per heavy atom. The summed E-state index contributed by atoms with van der Waals surface area (Å²) in [6.07, 6.45) is -2.18. The van der Waals surface area contributed by atoms with Gasteiger partial charge in [0.25, 0.3) is 0 Å². The molecule has 2 heterocycles. The predicted molar refractivity (Wildman–Crippen MR) is 72.1 cm³/mol. The van der Waals surface area contributed by atoms with Crippen LogP contribution in [0.5, 0.6) is 0 Å². The van der Waals surface area contributed by atoms with E-state index < -0.39 is 12.0 Å². The second-order valence-electron chi connectivity index (χ2n) is 3.74. The molecule has 0 bridgehead atoms. The number of hydrogen-bond donors (Lipinski definition) is 1. The van der Waals surface area contributed by atoms with E-state index in [1.807, 2.05) is 6.92 Å². The maximum absolute atomic E-state index is 12.8. The van der Waals surface area contributed by atoms with Gasteiger partial charge >= 0.3 is 6.18 Å². The summed E-state index contributed by atoms with van der Waals surface area (Å²) in [5.41, 5.74) is 0. The van der Waals surface area contributed by atoms with Gasteiger partial charge in [0.15, 0.2) is 4.34 Å². The standard InChI is InChI=1S/C11H11F3N4S2/c1-2-3-15-7-6-8(20-10-16-4-5-19-10)18-9(17-7)11(12,13)14/h4-6H,2-3H2,1H3,(H,15,17,18). The third kappa shape index (κ3) is 4.07. The zero-order valence-corrected chi connectivity index (χ0v) is 12.1. The minimum atomic E-state index is -4.57. The molecule has 2 aromatic heterocycles. The molecule has 0 saturated heterocycles. The highest BCUT2D eigenvalue weighted by molar-refractivity contribution is 8.01. The lowest BCUT2D eigenvalue weighted by molar-refractivity contribution is -0.145.